The SMILES string of the molecule is CC1=C(C(=O)OC(C)C)C(c2ccc(OCc3ccccc3)cc2)n2c(s/c(=C\c3ccc([N+](=O)[O-])cc3)c2=O)=N1. The van der Waals surface area contributed by atoms with E-state index < -0.39 is 16.9 Å². The summed E-state index contributed by atoms with van der Waals surface area (Å²) in [5, 5.41) is 11.0. The van der Waals surface area contributed by atoms with Gasteiger partial charge in [0.15, 0.2) is 4.80 Å². The number of nitro groups is 1. The third kappa shape index (κ3) is 6.02. The lowest BCUT2D eigenvalue weighted by molar-refractivity contribution is -0.384. The number of non-ortho nitro benzene ring substituents is 1. The molecule has 1 atom stereocenters. The second-order valence-corrected chi connectivity index (χ2v) is 10.7. The van der Waals surface area contributed by atoms with Crippen LogP contribution in [0, 0.1) is 10.1 Å². The highest BCUT2D eigenvalue weighted by molar-refractivity contribution is 7.07. The van der Waals surface area contributed by atoms with Crippen LogP contribution in [0.2, 0.25) is 0 Å². The molecule has 1 aromatic heterocycles. The van der Waals surface area contributed by atoms with Gasteiger partial charge >= 0.3 is 5.97 Å². The standard InChI is InChI=1S/C31H27N3O6S/c1-19(2)40-30(36)27-20(3)32-31-33(29(35)26(41-31)17-21-9-13-24(14-10-21)34(37)38)28(27)23-11-15-25(16-12-23)39-18-22-7-5-4-6-8-22/h4-17,19,28H,18H2,1-3H3/b26-17-. The van der Waals surface area contributed by atoms with Gasteiger partial charge in [0, 0.05) is 12.1 Å². The van der Waals surface area contributed by atoms with E-state index in [2.05, 4.69) is 4.99 Å². The van der Waals surface area contributed by atoms with Crippen molar-refractivity contribution in [2.75, 3.05) is 0 Å². The van der Waals surface area contributed by atoms with E-state index in [0.29, 0.717) is 38.5 Å². The summed E-state index contributed by atoms with van der Waals surface area (Å²) in [6.07, 6.45) is 1.31. The maximum atomic E-state index is 13.8. The summed E-state index contributed by atoms with van der Waals surface area (Å²) in [6, 6.07) is 22.3. The number of allylic oxidation sites excluding steroid dienone is 1. The zero-order valence-corrected chi connectivity index (χ0v) is 23.5. The van der Waals surface area contributed by atoms with E-state index in [4.69, 9.17) is 9.47 Å². The van der Waals surface area contributed by atoms with Crippen molar-refractivity contribution in [3.8, 4) is 5.75 Å². The summed E-state index contributed by atoms with van der Waals surface area (Å²) in [4.78, 5) is 42.6. The Kier molecular flexibility index (Phi) is 7.93. The molecule has 4 aromatic rings. The molecule has 2 heterocycles. The molecule has 0 aliphatic carbocycles. The Bertz CT molecular complexity index is 1800. The summed E-state index contributed by atoms with van der Waals surface area (Å²) in [6.45, 7) is 5.67. The number of fused-ring (bicyclic) bond motifs is 1. The van der Waals surface area contributed by atoms with Gasteiger partial charge in [-0.25, -0.2) is 9.79 Å². The fourth-order valence-corrected chi connectivity index (χ4v) is 5.55. The first-order valence-electron chi connectivity index (χ1n) is 13.0. The maximum absolute atomic E-state index is 13.8. The molecular formula is C31H27N3O6S. The molecule has 1 aliphatic heterocycles. The van der Waals surface area contributed by atoms with Gasteiger partial charge in [0.25, 0.3) is 11.2 Å². The van der Waals surface area contributed by atoms with Crippen LogP contribution < -0.4 is 19.6 Å². The van der Waals surface area contributed by atoms with Crippen LogP contribution in [0.5, 0.6) is 5.75 Å². The Labute approximate surface area is 239 Å². The molecule has 0 saturated heterocycles. The normalized spacial score (nSPS) is 14.9. The van der Waals surface area contributed by atoms with Gasteiger partial charge in [0.1, 0.15) is 12.4 Å². The van der Waals surface area contributed by atoms with E-state index in [-0.39, 0.29) is 22.9 Å². The molecule has 0 bridgehead atoms. The van der Waals surface area contributed by atoms with Gasteiger partial charge in [-0.2, -0.15) is 0 Å². The highest BCUT2D eigenvalue weighted by atomic mass is 32.1. The van der Waals surface area contributed by atoms with Gasteiger partial charge in [-0.1, -0.05) is 53.8 Å². The number of hydrogen-bond donors (Lipinski definition) is 0. The molecule has 0 radical (unpaired) electrons. The molecule has 5 rings (SSSR count). The van der Waals surface area contributed by atoms with Crippen molar-refractivity contribution in [2.45, 2.75) is 39.5 Å². The highest BCUT2D eigenvalue weighted by Gasteiger charge is 2.33. The van der Waals surface area contributed by atoms with Crippen LogP contribution in [0.15, 0.2) is 99.9 Å². The molecule has 0 N–H and O–H groups in total. The minimum atomic E-state index is -0.764. The van der Waals surface area contributed by atoms with Crippen molar-refractivity contribution in [2.24, 2.45) is 4.99 Å². The number of hydrogen-bond acceptors (Lipinski definition) is 8. The molecule has 10 heteroatoms. The number of ether oxygens (including phenoxy) is 2. The van der Waals surface area contributed by atoms with Crippen LogP contribution in [0.25, 0.3) is 6.08 Å². The Hall–Kier alpha value is -4.83. The predicted molar refractivity (Wildman–Crippen MR) is 155 cm³/mol. The number of esters is 1. The van der Waals surface area contributed by atoms with Crippen molar-refractivity contribution < 1.29 is 19.2 Å². The fourth-order valence-electron chi connectivity index (χ4n) is 4.51. The lowest BCUT2D eigenvalue weighted by atomic mass is 9.96. The van der Waals surface area contributed by atoms with Gasteiger partial charge in [-0.15, -0.1) is 0 Å². The average Bonchev–Trinajstić information content (AvgIpc) is 3.25. The molecule has 0 fully saturated rings. The van der Waals surface area contributed by atoms with E-state index >= 15 is 0 Å². The van der Waals surface area contributed by atoms with Gasteiger partial charge < -0.3 is 9.47 Å². The first-order chi connectivity index (χ1) is 19.7. The van der Waals surface area contributed by atoms with Crippen molar-refractivity contribution in [3.63, 3.8) is 0 Å². The molecule has 0 amide bonds. The molecule has 1 unspecified atom stereocenters. The predicted octanol–water partition coefficient (Wildman–Crippen LogP) is 4.67. The highest BCUT2D eigenvalue weighted by Crippen LogP contribution is 2.32. The van der Waals surface area contributed by atoms with E-state index in [9.17, 15) is 19.7 Å². The van der Waals surface area contributed by atoms with Crippen molar-refractivity contribution in [3.05, 3.63) is 137 Å². The van der Waals surface area contributed by atoms with E-state index in [1.165, 1.54) is 28.0 Å². The molecular weight excluding hydrogens is 542 g/mol. The average molecular weight is 570 g/mol. The zero-order valence-electron chi connectivity index (χ0n) is 22.6. The number of aromatic nitrogens is 1. The summed E-state index contributed by atoms with van der Waals surface area (Å²) in [7, 11) is 0. The largest absolute Gasteiger partial charge is 0.489 e. The smallest absolute Gasteiger partial charge is 0.338 e. The van der Waals surface area contributed by atoms with Crippen LogP contribution in [0.3, 0.4) is 0 Å². The molecule has 1 aliphatic rings. The van der Waals surface area contributed by atoms with Gasteiger partial charge in [0.05, 0.1) is 32.9 Å². The second kappa shape index (κ2) is 11.7. The summed E-state index contributed by atoms with van der Waals surface area (Å²) < 4.78 is 13.4. The van der Waals surface area contributed by atoms with Gasteiger partial charge in [0.2, 0.25) is 0 Å². The minimum absolute atomic E-state index is 0.0382. The van der Waals surface area contributed by atoms with E-state index in [0.717, 1.165) is 5.56 Å². The molecule has 41 heavy (non-hydrogen) atoms. The molecule has 9 nitrogen and oxygen atoms in total. The summed E-state index contributed by atoms with van der Waals surface area (Å²) in [5.74, 6) is 0.107. The Balaban J connectivity index is 1.55. The monoisotopic (exact) mass is 569 g/mol. The number of nitro benzene ring substituents is 1. The first kappa shape index (κ1) is 27.7. The molecule has 0 saturated carbocycles. The van der Waals surface area contributed by atoms with Crippen LogP contribution in [-0.2, 0) is 16.1 Å². The summed E-state index contributed by atoms with van der Waals surface area (Å²) >= 11 is 1.19. The van der Waals surface area contributed by atoms with Crippen LogP contribution in [-0.4, -0.2) is 21.6 Å². The summed E-state index contributed by atoms with van der Waals surface area (Å²) in [5.41, 5.74) is 2.75. The zero-order chi connectivity index (χ0) is 29.1. The fraction of sp³-hybridized carbons (Fsp3) is 0.194. The van der Waals surface area contributed by atoms with E-state index in [1.807, 2.05) is 54.6 Å². The number of nitrogens with zero attached hydrogens (tertiary/aromatic N) is 3. The number of carbonyl (C=O) groups excluding carboxylic acids is 1. The number of carbonyl (C=O) groups is 1. The molecule has 0 spiro atoms. The van der Waals surface area contributed by atoms with Crippen molar-refractivity contribution in [1.82, 2.24) is 4.57 Å². The third-order valence-electron chi connectivity index (χ3n) is 6.43. The molecule has 3 aromatic carbocycles. The number of rotatable bonds is 8. The van der Waals surface area contributed by atoms with Gasteiger partial charge in [-0.05, 0) is 67.8 Å². The lowest BCUT2D eigenvalue weighted by Gasteiger charge is -2.25. The number of thiazole rings is 1. The van der Waals surface area contributed by atoms with Gasteiger partial charge in [-0.3, -0.25) is 19.5 Å². The molecule has 208 valence electrons. The second-order valence-electron chi connectivity index (χ2n) is 9.73. The Morgan fingerprint density at radius 3 is 2.39 bits per heavy atom. The Morgan fingerprint density at radius 2 is 1.76 bits per heavy atom. The van der Waals surface area contributed by atoms with Crippen molar-refractivity contribution in [1.29, 1.82) is 0 Å². The van der Waals surface area contributed by atoms with Crippen LogP contribution in [0.1, 0.15) is 43.5 Å². The van der Waals surface area contributed by atoms with Crippen LogP contribution >= 0.6 is 11.3 Å². The topological polar surface area (TPSA) is 113 Å². The maximum Gasteiger partial charge on any atom is 0.338 e. The third-order valence-corrected chi connectivity index (χ3v) is 7.41. The Morgan fingerprint density at radius 1 is 1.07 bits per heavy atom. The van der Waals surface area contributed by atoms with Crippen LogP contribution in [0.4, 0.5) is 5.69 Å². The minimum Gasteiger partial charge on any atom is -0.489 e. The lowest BCUT2D eigenvalue weighted by Crippen LogP contribution is -2.40. The quantitative estimate of drug-likeness (QED) is 0.173. The number of benzene rings is 3. The van der Waals surface area contributed by atoms with E-state index in [1.54, 1.807) is 39.0 Å². The van der Waals surface area contributed by atoms with Crippen molar-refractivity contribution >= 4 is 29.1 Å². The first-order valence-corrected chi connectivity index (χ1v) is 13.8.